The van der Waals surface area contributed by atoms with Gasteiger partial charge in [0.1, 0.15) is 15.6 Å². The molecule has 7 nitrogen and oxygen atoms in total. The van der Waals surface area contributed by atoms with E-state index in [0.717, 1.165) is 36.7 Å². The number of alkyl halides is 3. The molecule has 3 heterocycles. The van der Waals surface area contributed by atoms with Crippen molar-refractivity contribution in [1.29, 1.82) is 0 Å². The maximum Gasteiger partial charge on any atom is 0.417 e. The van der Waals surface area contributed by atoms with Crippen molar-refractivity contribution in [3.8, 4) is 0 Å². The molecular weight excluding hydrogens is 477 g/mol. The Kier molecular flexibility index (Phi) is 7.45. The molecule has 3 rings (SSSR count). The van der Waals surface area contributed by atoms with Crippen LogP contribution in [0.3, 0.4) is 0 Å². The number of nitrogens with zero attached hydrogens (tertiary/aromatic N) is 2. The first-order valence-corrected chi connectivity index (χ1v) is 12.1. The van der Waals surface area contributed by atoms with Crippen molar-refractivity contribution in [3.63, 3.8) is 0 Å². The minimum atomic E-state index is -4.55. The molecule has 0 saturated carbocycles. The van der Waals surface area contributed by atoms with E-state index in [1.807, 2.05) is 0 Å². The van der Waals surface area contributed by atoms with E-state index >= 15 is 0 Å². The van der Waals surface area contributed by atoms with Gasteiger partial charge in [-0.05, 0) is 30.4 Å². The third-order valence-corrected chi connectivity index (χ3v) is 7.91. The summed E-state index contributed by atoms with van der Waals surface area (Å²) in [5.74, 6) is -0.493. The average Bonchev–Trinajstić information content (AvgIpc) is 3.23. The molecule has 0 aliphatic carbocycles. The van der Waals surface area contributed by atoms with Crippen LogP contribution in [0.15, 0.2) is 28.6 Å². The number of hydrogen-bond donors (Lipinski definition) is 2. The molecule has 0 bridgehead atoms. The molecule has 0 unspecified atom stereocenters. The number of rotatable bonds is 7. The Morgan fingerprint density at radius 3 is 2.58 bits per heavy atom. The maximum absolute atomic E-state index is 12.9. The molecule has 1 saturated heterocycles. The van der Waals surface area contributed by atoms with Crippen LogP contribution in [0.25, 0.3) is 0 Å². The second kappa shape index (κ2) is 9.72. The number of carbonyl (C=O) groups excluding carboxylic acids is 1. The van der Waals surface area contributed by atoms with E-state index in [-0.39, 0.29) is 33.7 Å². The monoisotopic (exact) mass is 496 g/mol. The minimum Gasteiger partial charge on any atom is -0.367 e. The first-order valence-electron chi connectivity index (χ1n) is 9.43. The third-order valence-electron chi connectivity index (χ3n) is 4.64. The SMILES string of the molecule is O=C(NCCNc1ncc(C(F)(F)F)cc1Cl)c1sccc1S(=O)(=O)N1CCCCC1. The zero-order chi connectivity index (χ0) is 22.6. The van der Waals surface area contributed by atoms with Crippen molar-refractivity contribution >= 4 is 44.7 Å². The summed E-state index contributed by atoms with van der Waals surface area (Å²) in [6, 6.07) is 2.19. The number of piperidine rings is 1. The van der Waals surface area contributed by atoms with Crippen molar-refractivity contribution < 1.29 is 26.4 Å². The second-order valence-electron chi connectivity index (χ2n) is 6.81. The van der Waals surface area contributed by atoms with E-state index < -0.39 is 27.7 Å². The van der Waals surface area contributed by atoms with Gasteiger partial charge >= 0.3 is 6.18 Å². The fraction of sp³-hybridized carbons (Fsp3) is 0.444. The van der Waals surface area contributed by atoms with E-state index in [1.54, 1.807) is 5.38 Å². The normalized spacial score (nSPS) is 15.6. The zero-order valence-corrected chi connectivity index (χ0v) is 18.6. The molecule has 1 aliphatic heterocycles. The summed E-state index contributed by atoms with van der Waals surface area (Å²) in [6.07, 6.45) is -1.33. The Bertz CT molecular complexity index is 1040. The number of pyridine rings is 1. The number of carbonyl (C=O) groups is 1. The summed E-state index contributed by atoms with van der Waals surface area (Å²) in [6.45, 7) is 1.08. The van der Waals surface area contributed by atoms with Crippen LogP contribution in [-0.4, -0.2) is 49.8 Å². The summed E-state index contributed by atoms with van der Waals surface area (Å²) in [5, 5.41) is 6.69. The van der Waals surface area contributed by atoms with Gasteiger partial charge in [-0.15, -0.1) is 11.3 Å². The van der Waals surface area contributed by atoms with Crippen LogP contribution in [0.4, 0.5) is 19.0 Å². The first-order chi connectivity index (χ1) is 14.6. The predicted molar refractivity (Wildman–Crippen MR) is 112 cm³/mol. The van der Waals surface area contributed by atoms with E-state index in [1.165, 1.54) is 10.4 Å². The van der Waals surface area contributed by atoms with Gasteiger partial charge in [0, 0.05) is 32.4 Å². The minimum absolute atomic E-state index is 0.0164. The second-order valence-corrected chi connectivity index (χ2v) is 10.0. The maximum atomic E-state index is 12.9. The molecule has 2 N–H and O–H groups in total. The van der Waals surface area contributed by atoms with Crippen molar-refractivity contribution in [1.82, 2.24) is 14.6 Å². The Morgan fingerprint density at radius 1 is 1.23 bits per heavy atom. The van der Waals surface area contributed by atoms with Gasteiger partial charge in [0.05, 0.1) is 10.6 Å². The Morgan fingerprint density at radius 2 is 1.94 bits per heavy atom. The third kappa shape index (κ3) is 5.68. The van der Waals surface area contributed by atoms with Gasteiger partial charge in [0.2, 0.25) is 10.0 Å². The van der Waals surface area contributed by atoms with Crippen LogP contribution < -0.4 is 10.6 Å². The van der Waals surface area contributed by atoms with Crippen LogP contribution in [0, 0.1) is 0 Å². The number of nitrogens with one attached hydrogen (secondary N) is 2. The molecule has 0 aromatic carbocycles. The number of aromatic nitrogens is 1. The number of hydrogen-bond acceptors (Lipinski definition) is 6. The highest BCUT2D eigenvalue weighted by atomic mass is 35.5. The molecule has 0 radical (unpaired) electrons. The van der Waals surface area contributed by atoms with E-state index in [0.29, 0.717) is 19.3 Å². The summed E-state index contributed by atoms with van der Waals surface area (Å²) in [5.41, 5.74) is -0.962. The molecule has 31 heavy (non-hydrogen) atoms. The molecule has 13 heteroatoms. The summed E-state index contributed by atoms with van der Waals surface area (Å²) < 4.78 is 65.1. The lowest BCUT2D eigenvalue weighted by Gasteiger charge is -2.25. The number of thiophene rings is 1. The number of halogens is 4. The van der Waals surface area contributed by atoms with Gasteiger partial charge in [-0.25, -0.2) is 13.4 Å². The largest absolute Gasteiger partial charge is 0.417 e. The van der Waals surface area contributed by atoms with Crippen molar-refractivity contribution in [2.45, 2.75) is 30.3 Å². The lowest BCUT2D eigenvalue weighted by molar-refractivity contribution is -0.137. The molecule has 170 valence electrons. The fourth-order valence-electron chi connectivity index (χ4n) is 3.07. The van der Waals surface area contributed by atoms with Crippen molar-refractivity contribution in [3.05, 3.63) is 39.2 Å². The fourth-order valence-corrected chi connectivity index (χ4v) is 6.14. The number of amides is 1. The van der Waals surface area contributed by atoms with Gasteiger partial charge in [0.15, 0.2) is 0 Å². The molecular formula is C18H20ClF3N4O3S2. The van der Waals surface area contributed by atoms with Gasteiger partial charge < -0.3 is 10.6 Å². The van der Waals surface area contributed by atoms with Crippen LogP contribution in [-0.2, 0) is 16.2 Å². The lowest BCUT2D eigenvalue weighted by Crippen LogP contribution is -2.37. The summed E-state index contributed by atoms with van der Waals surface area (Å²) in [4.78, 5) is 16.2. The summed E-state index contributed by atoms with van der Waals surface area (Å²) in [7, 11) is -3.74. The molecule has 1 fully saturated rings. The van der Waals surface area contributed by atoms with Crippen molar-refractivity contribution in [2.75, 3.05) is 31.5 Å². The van der Waals surface area contributed by atoms with E-state index in [4.69, 9.17) is 11.6 Å². The Balaban J connectivity index is 1.57. The van der Waals surface area contributed by atoms with E-state index in [9.17, 15) is 26.4 Å². The van der Waals surface area contributed by atoms with Gasteiger partial charge in [-0.1, -0.05) is 18.0 Å². The standard InChI is InChI=1S/C18H20ClF3N4O3S2/c19-13-10-12(18(20,21)22)11-25-16(13)23-5-6-24-17(27)15-14(4-9-30-15)31(28,29)26-7-2-1-3-8-26/h4,9-11H,1-3,5-8H2,(H,23,25)(H,24,27). The van der Waals surface area contributed by atoms with Crippen molar-refractivity contribution in [2.24, 2.45) is 0 Å². The number of sulfonamides is 1. The molecule has 2 aromatic heterocycles. The van der Waals surface area contributed by atoms with Gasteiger partial charge in [-0.3, -0.25) is 4.79 Å². The van der Waals surface area contributed by atoms with Crippen LogP contribution in [0.5, 0.6) is 0 Å². The Hall–Kier alpha value is -1.89. The first kappa shape index (κ1) is 23.8. The Labute approximate surface area is 186 Å². The van der Waals surface area contributed by atoms with Crippen LogP contribution in [0.2, 0.25) is 5.02 Å². The van der Waals surface area contributed by atoms with Gasteiger partial charge in [-0.2, -0.15) is 17.5 Å². The van der Waals surface area contributed by atoms with E-state index in [2.05, 4.69) is 15.6 Å². The highest BCUT2D eigenvalue weighted by Crippen LogP contribution is 2.32. The topological polar surface area (TPSA) is 91.4 Å². The molecule has 0 spiro atoms. The zero-order valence-electron chi connectivity index (χ0n) is 16.2. The smallest absolute Gasteiger partial charge is 0.367 e. The van der Waals surface area contributed by atoms with Gasteiger partial charge in [0.25, 0.3) is 5.91 Å². The predicted octanol–water partition coefficient (Wildman–Crippen LogP) is 3.83. The molecule has 1 aliphatic rings. The van der Waals surface area contributed by atoms with Crippen LogP contribution in [0.1, 0.15) is 34.5 Å². The van der Waals surface area contributed by atoms with Crippen LogP contribution >= 0.6 is 22.9 Å². The quantitative estimate of drug-likeness (QED) is 0.568. The summed E-state index contributed by atoms with van der Waals surface area (Å²) >= 11 is 6.85. The molecule has 2 aromatic rings. The molecule has 1 amide bonds. The highest BCUT2D eigenvalue weighted by Gasteiger charge is 2.32. The molecule has 0 atom stereocenters. The lowest BCUT2D eigenvalue weighted by atomic mass is 10.2. The highest BCUT2D eigenvalue weighted by molar-refractivity contribution is 7.89. The number of anilines is 1. The average molecular weight is 497 g/mol.